The number of halogens is 1. The van der Waals surface area contributed by atoms with Gasteiger partial charge in [0, 0.05) is 5.56 Å². The van der Waals surface area contributed by atoms with E-state index in [-0.39, 0.29) is 12.2 Å². The van der Waals surface area contributed by atoms with Crippen LogP contribution in [0.2, 0.25) is 0 Å². The molecule has 0 aliphatic carbocycles. The number of rotatable bonds is 1. The second-order valence-corrected chi connectivity index (χ2v) is 2.76. The van der Waals surface area contributed by atoms with Gasteiger partial charge in [0.1, 0.15) is 12.2 Å². The van der Waals surface area contributed by atoms with E-state index >= 15 is 0 Å². The van der Waals surface area contributed by atoms with Crippen LogP contribution in [0, 0.1) is 15.9 Å². The number of hydrogen-bond acceptors (Lipinski definition) is 4. The molecule has 1 aromatic rings. The summed E-state index contributed by atoms with van der Waals surface area (Å²) in [7, 11) is 0. The molecule has 0 unspecified atom stereocenters. The Morgan fingerprint density at radius 1 is 1.50 bits per heavy atom. The fraction of sp³-hybridized carbons (Fsp3) is 0.125. The van der Waals surface area contributed by atoms with Crippen LogP contribution in [0.4, 0.5) is 10.1 Å². The lowest BCUT2D eigenvalue weighted by atomic mass is 10.1. The average Bonchev–Trinajstić information content (AvgIpc) is 2.47. The maximum Gasteiger partial charge on any atom is 0.346 e. The minimum atomic E-state index is -1.02. The Hall–Kier alpha value is -1.98. The van der Waals surface area contributed by atoms with Crippen LogP contribution in [-0.4, -0.2) is 10.9 Å². The molecule has 5 nitrogen and oxygen atoms in total. The lowest BCUT2D eigenvalue weighted by Crippen LogP contribution is -2.03. The Labute approximate surface area is 77.2 Å². The molecule has 72 valence electrons. The number of fused-ring (bicyclic) bond motifs is 1. The third kappa shape index (κ3) is 1.04. The summed E-state index contributed by atoms with van der Waals surface area (Å²) in [5.41, 5.74) is -0.719. The second kappa shape index (κ2) is 2.76. The first-order valence-corrected chi connectivity index (χ1v) is 3.74. The normalized spacial score (nSPS) is 13.6. The van der Waals surface area contributed by atoms with E-state index in [0.717, 1.165) is 6.07 Å². The molecule has 0 saturated heterocycles. The topological polar surface area (TPSA) is 69.4 Å². The Kier molecular flexibility index (Phi) is 1.70. The van der Waals surface area contributed by atoms with Gasteiger partial charge in [0.15, 0.2) is 0 Å². The third-order valence-corrected chi connectivity index (χ3v) is 1.96. The monoisotopic (exact) mass is 197 g/mol. The molecule has 0 amide bonds. The number of carbonyl (C=O) groups is 1. The molecule has 0 fully saturated rings. The third-order valence-electron chi connectivity index (χ3n) is 1.96. The van der Waals surface area contributed by atoms with Crippen LogP contribution < -0.4 is 0 Å². The molecule has 6 heteroatoms. The van der Waals surface area contributed by atoms with Crippen molar-refractivity contribution in [3.05, 3.63) is 39.2 Å². The maximum absolute atomic E-state index is 13.0. The summed E-state index contributed by atoms with van der Waals surface area (Å²) in [6.45, 7) is -0.0325. The van der Waals surface area contributed by atoms with Gasteiger partial charge in [-0.2, -0.15) is 4.39 Å². The van der Waals surface area contributed by atoms with E-state index in [0.29, 0.717) is 5.56 Å². The minimum absolute atomic E-state index is 0.0325. The van der Waals surface area contributed by atoms with Crippen molar-refractivity contribution in [3.8, 4) is 0 Å². The fourth-order valence-corrected chi connectivity index (χ4v) is 1.35. The predicted molar refractivity (Wildman–Crippen MR) is 42.2 cm³/mol. The Bertz CT molecular complexity index is 443. The number of nitrogens with zero attached hydrogens (tertiary/aromatic N) is 1. The summed E-state index contributed by atoms with van der Waals surface area (Å²) < 4.78 is 17.6. The molecule has 1 aliphatic heterocycles. The number of carbonyl (C=O) groups excluding carboxylic acids is 1. The molecular weight excluding hydrogens is 193 g/mol. The number of esters is 1. The Balaban J connectivity index is 2.74. The zero-order chi connectivity index (χ0) is 10.3. The highest BCUT2D eigenvalue weighted by atomic mass is 19.1. The second-order valence-electron chi connectivity index (χ2n) is 2.76. The van der Waals surface area contributed by atoms with Crippen LogP contribution in [0.1, 0.15) is 15.9 Å². The first kappa shape index (κ1) is 8.61. The van der Waals surface area contributed by atoms with Gasteiger partial charge in [-0.3, -0.25) is 10.1 Å². The summed E-state index contributed by atoms with van der Waals surface area (Å²) in [4.78, 5) is 20.6. The molecule has 1 aliphatic rings. The summed E-state index contributed by atoms with van der Waals surface area (Å²) in [6, 6.07) is 2.27. The largest absolute Gasteiger partial charge is 0.457 e. The van der Waals surface area contributed by atoms with E-state index in [1.54, 1.807) is 0 Å². The van der Waals surface area contributed by atoms with E-state index in [1.807, 2.05) is 0 Å². The van der Waals surface area contributed by atoms with E-state index in [2.05, 4.69) is 4.74 Å². The molecule has 0 bridgehead atoms. The zero-order valence-corrected chi connectivity index (χ0v) is 6.82. The number of cyclic esters (lactones) is 1. The van der Waals surface area contributed by atoms with Gasteiger partial charge in [-0.15, -0.1) is 0 Å². The van der Waals surface area contributed by atoms with Crippen LogP contribution in [0.25, 0.3) is 0 Å². The Morgan fingerprint density at radius 2 is 2.21 bits per heavy atom. The number of ether oxygens (including phenoxy) is 1. The van der Waals surface area contributed by atoms with Gasteiger partial charge in [-0.1, -0.05) is 6.07 Å². The molecule has 14 heavy (non-hydrogen) atoms. The van der Waals surface area contributed by atoms with Gasteiger partial charge in [-0.05, 0) is 6.07 Å². The molecule has 2 rings (SSSR count). The van der Waals surface area contributed by atoms with Gasteiger partial charge in [0.2, 0.25) is 5.82 Å². The smallest absolute Gasteiger partial charge is 0.346 e. The number of benzene rings is 1. The summed E-state index contributed by atoms with van der Waals surface area (Å²) >= 11 is 0. The molecule has 0 radical (unpaired) electrons. The predicted octanol–water partition coefficient (Wildman–Crippen LogP) is 1.40. The lowest BCUT2D eigenvalue weighted by molar-refractivity contribution is -0.387. The van der Waals surface area contributed by atoms with Crippen molar-refractivity contribution >= 4 is 11.7 Å². The van der Waals surface area contributed by atoms with Crippen molar-refractivity contribution in [2.24, 2.45) is 0 Å². The molecule has 0 aromatic heterocycles. The van der Waals surface area contributed by atoms with Crippen molar-refractivity contribution in [1.82, 2.24) is 0 Å². The van der Waals surface area contributed by atoms with Gasteiger partial charge in [-0.25, -0.2) is 4.79 Å². The van der Waals surface area contributed by atoms with Crippen LogP contribution in [0.3, 0.4) is 0 Å². The lowest BCUT2D eigenvalue weighted by Gasteiger charge is -1.97. The first-order valence-electron chi connectivity index (χ1n) is 3.74. The highest BCUT2D eigenvalue weighted by Gasteiger charge is 2.33. The van der Waals surface area contributed by atoms with Crippen LogP contribution >= 0.6 is 0 Å². The van der Waals surface area contributed by atoms with Crippen molar-refractivity contribution < 1.29 is 18.8 Å². The molecular formula is C8H4FNO4. The van der Waals surface area contributed by atoms with Crippen LogP contribution in [0.5, 0.6) is 0 Å². The van der Waals surface area contributed by atoms with Gasteiger partial charge in [0.05, 0.1) is 4.92 Å². The standard InChI is InChI=1S/C8H4FNO4/c9-5-2-1-4-3-14-8(11)6(4)7(5)10(12)13/h1-2H,3H2. The van der Waals surface area contributed by atoms with Crippen molar-refractivity contribution in [3.63, 3.8) is 0 Å². The van der Waals surface area contributed by atoms with Gasteiger partial charge < -0.3 is 4.74 Å². The molecule has 0 saturated carbocycles. The van der Waals surface area contributed by atoms with E-state index in [9.17, 15) is 19.3 Å². The van der Waals surface area contributed by atoms with Crippen LogP contribution in [0.15, 0.2) is 12.1 Å². The number of nitro groups is 1. The molecule has 0 atom stereocenters. The molecule has 1 aromatic carbocycles. The zero-order valence-electron chi connectivity index (χ0n) is 6.82. The average molecular weight is 197 g/mol. The van der Waals surface area contributed by atoms with E-state index < -0.39 is 22.4 Å². The molecule has 0 spiro atoms. The SMILES string of the molecule is O=C1OCc2ccc(F)c([N+](=O)[O-])c21. The first-order chi connectivity index (χ1) is 6.61. The van der Waals surface area contributed by atoms with Crippen molar-refractivity contribution in [2.45, 2.75) is 6.61 Å². The number of hydrogen-bond donors (Lipinski definition) is 0. The van der Waals surface area contributed by atoms with Crippen molar-refractivity contribution in [1.29, 1.82) is 0 Å². The minimum Gasteiger partial charge on any atom is -0.457 e. The highest BCUT2D eigenvalue weighted by Crippen LogP contribution is 2.31. The highest BCUT2D eigenvalue weighted by molar-refractivity contribution is 5.97. The van der Waals surface area contributed by atoms with Crippen LogP contribution in [-0.2, 0) is 11.3 Å². The van der Waals surface area contributed by atoms with E-state index in [1.165, 1.54) is 6.07 Å². The summed E-state index contributed by atoms with van der Waals surface area (Å²) in [5, 5.41) is 10.5. The van der Waals surface area contributed by atoms with Gasteiger partial charge in [0.25, 0.3) is 0 Å². The van der Waals surface area contributed by atoms with E-state index in [4.69, 9.17) is 0 Å². The molecule has 0 N–H and O–H groups in total. The molecule has 1 heterocycles. The fourth-order valence-electron chi connectivity index (χ4n) is 1.35. The Morgan fingerprint density at radius 3 is 2.86 bits per heavy atom. The quantitative estimate of drug-likeness (QED) is 0.387. The number of nitro benzene ring substituents is 1. The van der Waals surface area contributed by atoms with Gasteiger partial charge >= 0.3 is 11.7 Å². The maximum atomic E-state index is 13.0. The summed E-state index contributed by atoms with van der Waals surface area (Å²) in [6.07, 6.45) is 0. The van der Waals surface area contributed by atoms with Crippen molar-refractivity contribution in [2.75, 3.05) is 0 Å². The summed E-state index contributed by atoms with van der Waals surface area (Å²) in [5.74, 6) is -1.86.